The van der Waals surface area contributed by atoms with Crippen LogP contribution in [0.25, 0.3) is 0 Å². The van der Waals surface area contributed by atoms with Gasteiger partial charge in [0, 0.05) is 12.3 Å². The number of hydrogen-bond donors (Lipinski definition) is 1. The van der Waals surface area contributed by atoms with Crippen LogP contribution in [-0.4, -0.2) is 35.4 Å². The van der Waals surface area contributed by atoms with Crippen LogP contribution in [0.1, 0.15) is 25.1 Å². The van der Waals surface area contributed by atoms with Crippen molar-refractivity contribution in [3.8, 4) is 0 Å². The quantitative estimate of drug-likeness (QED) is 0.900. The van der Waals surface area contributed by atoms with E-state index in [2.05, 4.69) is 5.32 Å². The van der Waals surface area contributed by atoms with Gasteiger partial charge in [-0.05, 0) is 30.4 Å². The van der Waals surface area contributed by atoms with Crippen LogP contribution in [0.5, 0.6) is 0 Å². The fourth-order valence-electron chi connectivity index (χ4n) is 2.35. The Labute approximate surface area is 117 Å². The van der Waals surface area contributed by atoms with Crippen LogP contribution in [0.15, 0.2) is 24.3 Å². The smallest absolute Gasteiger partial charge is 0.241 e. The molecule has 2 rings (SSSR count). The van der Waals surface area contributed by atoms with Crippen molar-refractivity contribution >= 4 is 17.7 Å². The molecule has 1 N–H and O–H groups in total. The summed E-state index contributed by atoms with van der Waals surface area (Å²) in [6.07, 6.45) is 2.56. The van der Waals surface area contributed by atoms with Crippen LogP contribution < -0.4 is 5.32 Å². The van der Waals surface area contributed by atoms with Crippen molar-refractivity contribution in [2.24, 2.45) is 0 Å². The molecule has 0 spiro atoms. The molecular weight excluding hydrogens is 263 g/mol. The number of carbonyl (C=O) groups is 1. The molecule has 1 amide bonds. The minimum Gasteiger partial charge on any atom is -0.321 e. The Bertz CT molecular complexity index is 455. The molecule has 0 bridgehead atoms. The first-order chi connectivity index (χ1) is 9.17. The average molecular weight is 282 g/mol. The number of nitrogens with one attached hydrogen (secondary N) is 1. The van der Waals surface area contributed by atoms with Gasteiger partial charge in [0.2, 0.25) is 5.91 Å². The molecule has 0 saturated carbocycles. The van der Waals surface area contributed by atoms with Crippen LogP contribution in [0, 0.1) is 5.82 Å². The van der Waals surface area contributed by atoms with Crippen LogP contribution in [0.4, 0.5) is 4.39 Å². The maximum Gasteiger partial charge on any atom is 0.241 e. The maximum absolute atomic E-state index is 13.3. The van der Waals surface area contributed by atoms with E-state index in [9.17, 15) is 9.18 Å². The molecule has 1 aliphatic rings. The molecule has 0 radical (unpaired) electrons. The van der Waals surface area contributed by atoms with Gasteiger partial charge in [0.05, 0.1) is 6.04 Å². The number of nitrogens with zero attached hydrogens (tertiary/aromatic N) is 1. The highest BCUT2D eigenvalue weighted by Gasteiger charge is 2.38. The summed E-state index contributed by atoms with van der Waals surface area (Å²) in [7, 11) is 0. The molecule has 2 atom stereocenters. The van der Waals surface area contributed by atoms with E-state index in [1.165, 1.54) is 12.1 Å². The van der Waals surface area contributed by atoms with Crippen LogP contribution in [0.2, 0.25) is 0 Å². The van der Waals surface area contributed by atoms with Gasteiger partial charge in [-0.3, -0.25) is 10.1 Å². The predicted molar refractivity (Wildman–Crippen MR) is 76.5 cm³/mol. The number of halogens is 1. The Hall–Kier alpha value is -1.07. The number of rotatable bonds is 5. The summed E-state index contributed by atoms with van der Waals surface area (Å²) in [5.74, 6) is 0.734. The molecule has 1 aromatic rings. The summed E-state index contributed by atoms with van der Waals surface area (Å²) < 4.78 is 13.3. The summed E-state index contributed by atoms with van der Waals surface area (Å²) in [6, 6.07) is 6.30. The molecule has 3 nitrogen and oxygen atoms in total. The maximum atomic E-state index is 13.3. The van der Waals surface area contributed by atoms with Crippen molar-refractivity contribution in [2.45, 2.75) is 25.6 Å². The van der Waals surface area contributed by atoms with Crippen molar-refractivity contribution in [2.75, 3.05) is 18.6 Å². The zero-order chi connectivity index (χ0) is 13.8. The Balaban J connectivity index is 2.23. The standard InChI is InChI=1S/C14H19FN2OS/c1-3-12-14(18)17(7-8-19-2)13(16-12)10-5-4-6-11(15)9-10/h4-6,9,12-13,16H,3,7-8H2,1-2H3. The topological polar surface area (TPSA) is 32.3 Å². The third-order valence-electron chi connectivity index (χ3n) is 3.36. The number of benzene rings is 1. The Morgan fingerprint density at radius 1 is 1.47 bits per heavy atom. The Morgan fingerprint density at radius 2 is 2.26 bits per heavy atom. The van der Waals surface area contributed by atoms with Crippen molar-refractivity contribution in [3.63, 3.8) is 0 Å². The molecule has 2 unspecified atom stereocenters. The van der Waals surface area contributed by atoms with Crippen molar-refractivity contribution in [1.82, 2.24) is 10.2 Å². The van der Waals surface area contributed by atoms with Gasteiger partial charge in [-0.15, -0.1) is 0 Å². The minimum atomic E-state index is -0.267. The first-order valence-electron chi connectivity index (χ1n) is 6.48. The molecule has 0 aromatic heterocycles. The number of hydrogen-bond acceptors (Lipinski definition) is 3. The van der Waals surface area contributed by atoms with E-state index < -0.39 is 0 Å². The van der Waals surface area contributed by atoms with Gasteiger partial charge in [0.25, 0.3) is 0 Å². The van der Waals surface area contributed by atoms with Gasteiger partial charge in [-0.2, -0.15) is 11.8 Å². The SMILES string of the molecule is CCC1NC(c2cccc(F)c2)N(CCSC)C1=O. The molecule has 1 aliphatic heterocycles. The van der Waals surface area contributed by atoms with Gasteiger partial charge in [-0.25, -0.2) is 4.39 Å². The molecule has 0 aliphatic carbocycles. The van der Waals surface area contributed by atoms with Crippen molar-refractivity contribution < 1.29 is 9.18 Å². The monoisotopic (exact) mass is 282 g/mol. The molecular formula is C14H19FN2OS. The molecule has 1 heterocycles. The average Bonchev–Trinajstić information content (AvgIpc) is 2.73. The number of thioether (sulfide) groups is 1. The molecule has 5 heteroatoms. The van der Waals surface area contributed by atoms with Gasteiger partial charge >= 0.3 is 0 Å². The fraction of sp³-hybridized carbons (Fsp3) is 0.500. The van der Waals surface area contributed by atoms with Gasteiger partial charge in [0.15, 0.2) is 0 Å². The zero-order valence-corrected chi connectivity index (χ0v) is 12.0. The highest BCUT2D eigenvalue weighted by atomic mass is 32.2. The molecule has 1 saturated heterocycles. The highest BCUT2D eigenvalue weighted by Crippen LogP contribution is 2.26. The lowest BCUT2D eigenvalue weighted by atomic mass is 10.1. The van der Waals surface area contributed by atoms with E-state index in [1.54, 1.807) is 17.8 Å². The lowest BCUT2D eigenvalue weighted by Crippen LogP contribution is -2.32. The summed E-state index contributed by atoms with van der Waals surface area (Å²) in [5.41, 5.74) is 0.811. The normalized spacial score (nSPS) is 23.1. The first-order valence-corrected chi connectivity index (χ1v) is 7.87. The second-order valence-corrected chi connectivity index (χ2v) is 5.60. The number of carbonyl (C=O) groups excluding carboxylic acids is 1. The molecule has 104 valence electrons. The third-order valence-corrected chi connectivity index (χ3v) is 3.95. The summed E-state index contributed by atoms with van der Waals surface area (Å²) in [5, 5.41) is 3.29. The van der Waals surface area contributed by atoms with Crippen molar-refractivity contribution in [3.05, 3.63) is 35.6 Å². The van der Waals surface area contributed by atoms with Crippen LogP contribution in [0.3, 0.4) is 0 Å². The second kappa shape index (κ2) is 6.39. The van der Waals surface area contributed by atoms with E-state index in [-0.39, 0.29) is 23.9 Å². The third kappa shape index (κ3) is 3.09. The lowest BCUT2D eigenvalue weighted by Gasteiger charge is -2.24. The zero-order valence-electron chi connectivity index (χ0n) is 11.2. The summed E-state index contributed by atoms with van der Waals surface area (Å²) in [4.78, 5) is 14.1. The molecule has 1 aromatic carbocycles. The Kier molecular flexibility index (Phi) is 4.82. The second-order valence-electron chi connectivity index (χ2n) is 4.61. The van der Waals surface area contributed by atoms with Crippen LogP contribution >= 0.6 is 11.8 Å². The van der Waals surface area contributed by atoms with Crippen LogP contribution in [-0.2, 0) is 4.79 Å². The fourth-order valence-corrected chi connectivity index (χ4v) is 2.73. The highest BCUT2D eigenvalue weighted by molar-refractivity contribution is 7.98. The Morgan fingerprint density at radius 3 is 2.89 bits per heavy atom. The van der Waals surface area contributed by atoms with E-state index in [1.807, 2.05) is 24.1 Å². The minimum absolute atomic E-state index is 0.116. The first kappa shape index (κ1) is 14.3. The summed E-state index contributed by atoms with van der Waals surface area (Å²) in [6.45, 7) is 2.67. The summed E-state index contributed by atoms with van der Waals surface area (Å²) >= 11 is 1.70. The number of amides is 1. The van der Waals surface area contributed by atoms with E-state index in [0.29, 0.717) is 6.54 Å². The lowest BCUT2D eigenvalue weighted by molar-refractivity contribution is -0.129. The van der Waals surface area contributed by atoms with E-state index in [4.69, 9.17) is 0 Å². The largest absolute Gasteiger partial charge is 0.321 e. The molecule has 1 fully saturated rings. The van der Waals surface area contributed by atoms with Crippen molar-refractivity contribution in [1.29, 1.82) is 0 Å². The van der Waals surface area contributed by atoms with Gasteiger partial charge < -0.3 is 4.90 Å². The van der Waals surface area contributed by atoms with E-state index >= 15 is 0 Å². The predicted octanol–water partition coefficient (Wildman–Crippen LogP) is 2.40. The van der Waals surface area contributed by atoms with Gasteiger partial charge in [-0.1, -0.05) is 19.1 Å². The molecule has 19 heavy (non-hydrogen) atoms. The van der Waals surface area contributed by atoms with E-state index in [0.717, 1.165) is 17.7 Å². The van der Waals surface area contributed by atoms with Gasteiger partial charge in [0.1, 0.15) is 12.0 Å².